The molecule has 0 bridgehead atoms. The molecule has 0 atom stereocenters. The second-order valence-corrected chi connectivity index (χ2v) is 7.67. The van der Waals surface area contributed by atoms with Gasteiger partial charge in [0.1, 0.15) is 0 Å². The van der Waals surface area contributed by atoms with Gasteiger partial charge in [-0.15, -0.1) is 24.0 Å². The molecule has 1 aliphatic heterocycles. The van der Waals surface area contributed by atoms with Gasteiger partial charge in [-0.2, -0.15) is 0 Å². The van der Waals surface area contributed by atoms with Crippen LogP contribution >= 0.6 is 24.0 Å². The predicted octanol–water partition coefficient (Wildman–Crippen LogP) is 0.339. The highest BCUT2D eigenvalue weighted by Gasteiger charge is 2.10. The van der Waals surface area contributed by atoms with E-state index in [1.807, 2.05) is 0 Å². The first-order valence-corrected chi connectivity index (χ1v) is 9.86. The van der Waals surface area contributed by atoms with Crippen molar-refractivity contribution in [3.8, 4) is 0 Å². The summed E-state index contributed by atoms with van der Waals surface area (Å²) in [5.41, 5.74) is 6.76. The molecule has 4 N–H and O–H groups in total. The quantitative estimate of drug-likeness (QED) is 0.207. The number of nitrogens with zero attached hydrogens (tertiary/aromatic N) is 2. The van der Waals surface area contributed by atoms with E-state index in [0.717, 1.165) is 51.4 Å². The SMILES string of the molecule is CNS(=O)(=O)c1ccc(CN=C(N)NCCCN2CCOCC2)cc1.I. The van der Waals surface area contributed by atoms with Gasteiger partial charge in [-0.25, -0.2) is 18.1 Å². The third kappa shape index (κ3) is 7.74. The van der Waals surface area contributed by atoms with Crippen molar-refractivity contribution in [2.45, 2.75) is 17.9 Å². The molecule has 1 aliphatic rings. The van der Waals surface area contributed by atoms with Crippen LogP contribution < -0.4 is 15.8 Å². The maximum absolute atomic E-state index is 11.7. The molecule has 1 aromatic rings. The minimum Gasteiger partial charge on any atom is -0.379 e. The highest BCUT2D eigenvalue weighted by Crippen LogP contribution is 2.10. The number of morpholine rings is 1. The topological polar surface area (TPSA) is 109 Å². The van der Waals surface area contributed by atoms with Crippen molar-refractivity contribution in [2.24, 2.45) is 10.7 Å². The second kappa shape index (κ2) is 11.7. The molecular formula is C16H28IN5O3S. The highest BCUT2D eigenvalue weighted by atomic mass is 127. The molecular weight excluding hydrogens is 469 g/mol. The molecule has 1 heterocycles. The molecule has 0 saturated carbocycles. The smallest absolute Gasteiger partial charge is 0.240 e. The van der Waals surface area contributed by atoms with Crippen LogP contribution in [0.15, 0.2) is 34.2 Å². The Kier molecular flexibility index (Phi) is 10.4. The van der Waals surface area contributed by atoms with Gasteiger partial charge in [0.2, 0.25) is 10.0 Å². The third-order valence-corrected chi connectivity index (χ3v) is 5.43. The largest absolute Gasteiger partial charge is 0.379 e. The van der Waals surface area contributed by atoms with E-state index in [4.69, 9.17) is 10.5 Å². The Morgan fingerprint density at radius 1 is 1.27 bits per heavy atom. The Morgan fingerprint density at radius 2 is 1.92 bits per heavy atom. The summed E-state index contributed by atoms with van der Waals surface area (Å²) in [6.45, 7) is 5.79. The lowest BCUT2D eigenvalue weighted by molar-refractivity contribution is 0.0376. The number of aliphatic imine (C=N–C) groups is 1. The number of hydrogen-bond donors (Lipinski definition) is 3. The summed E-state index contributed by atoms with van der Waals surface area (Å²) in [6.07, 6.45) is 0.993. The summed E-state index contributed by atoms with van der Waals surface area (Å²) in [6, 6.07) is 6.59. The van der Waals surface area contributed by atoms with E-state index in [2.05, 4.69) is 19.9 Å². The Labute approximate surface area is 172 Å². The molecule has 0 radical (unpaired) electrons. The van der Waals surface area contributed by atoms with Crippen molar-refractivity contribution in [3.05, 3.63) is 29.8 Å². The first kappa shape index (κ1) is 23.1. The third-order valence-electron chi connectivity index (χ3n) is 4.00. The van der Waals surface area contributed by atoms with E-state index < -0.39 is 10.0 Å². The average molecular weight is 497 g/mol. The number of ether oxygens (including phenoxy) is 1. The van der Waals surface area contributed by atoms with E-state index in [-0.39, 0.29) is 28.9 Å². The first-order chi connectivity index (χ1) is 12.0. The molecule has 1 aromatic carbocycles. The molecule has 1 saturated heterocycles. The Balaban J connectivity index is 0.00000338. The minimum absolute atomic E-state index is 0. The fraction of sp³-hybridized carbons (Fsp3) is 0.562. The van der Waals surface area contributed by atoms with Crippen molar-refractivity contribution >= 4 is 40.0 Å². The van der Waals surface area contributed by atoms with Crippen molar-refractivity contribution in [1.82, 2.24) is 14.9 Å². The standard InChI is InChI=1S/C16H27N5O3S.HI/c1-18-25(22,23)15-5-3-14(4-6-15)13-20-16(17)19-7-2-8-21-9-11-24-12-10-21;/h3-6,18H,2,7-13H2,1H3,(H3,17,19,20);1H. The van der Waals surface area contributed by atoms with E-state index >= 15 is 0 Å². The zero-order chi connectivity index (χ0) is 18.1. The maximum Gasteiger partial charge on any atom is 0.240 e. The first-order valence-electron chi connectivity index (χ1n) is 8.37. The molecule has 0 amide bonds. The van der Waals surface area contributed by atoms with Crippen molar-refractivity contribution in [2.75, 3.05) is 46.4 Å². The number of benzene rings is 1. The lowest BCUT2D eigenvalue weighted by atomic mass is 10.2. The lowest BCUT2D eigenvalue weighted by Crippen LogP contribution is -2.39. The fourth-order valence-corrected chi connectivity index (χ4v) is 3.20. The Hall–Kier alpha value is -0.950. The normalized spacial score (nSPS) is 16.1. The van der Waals surface area contributed by atoms with Crippen LogP contribution in [-0.4, -0.2) is 65.7 Å². The van der Waals surface area contributed by atoms with Crippen molar-refractivity contribution in [1.29, 1.82) is 0 Å². The minimum atomic E-state index is -3.41. The van der Waals surface area contributed by atoms with Gasteiger partial charge in [0, 0.05) is 19.6 Å². The molecule has 0 aromatic heterocycles. The van der Waals surface area contributed by atoms with Gasteiger partial charge in [0.05, 0.1) is 24.7 Å². The molecule has 1 fully saturated rings. The highest BCUT2D eigenvalue weighted by molar-refractivity contribution is 14.0. The monoisotopic (exact) mass is 497 g/mol. The molecule has 0 aliphatic carbocycles. The van der Waals surface area contributed by atoms with Gasteiger partial charge < -0.3 is 15.8 Å². The fourth-order valence-electron chi connectivity index (χ4n) is 2.47. The van der Waals surface area contributed by atoms with Crippen molar-refractivity contribution in [3.63, 3.8) is 0 Å². The van der Waals surface area contributed by atoms with Gasteiger partial charge in [-0.3, -0.25) is 4.90 Å². The van der Waals surface area contributed by atoms with Crippen LogP contribution in [0.25, 0.3) is 0 Å². The van der Waals surface area contributed by atoms with Crippen LogP contribution in [0.5, 0.6) is 0 Å². The van der Waals surface area contributed by atoms with Gasteiger partial charge in [-0.05, 0) is 37.7 Å². The van der Waals surface area contributed by atoms with Crippen LogP contribution in [0.3, 0.4) is 0 Å². The summed E-state index contributed by atoms with van der Waals surface area (Å²) in [5, 5.41) is 3.10. The van der Waals surface area contributed by atoms with E-state index in [0.29, 0.717) is 12.5 Å². The number of nitrogens with two attached hydrogens (primary N) is 1. The predicted molar refractivity (Wildman–Crippen MR) is 113 cm³/mol. The van der Waals surface area contributed by atoms with E-state index in [1.54, 1.807) is 24.3 Å². The molecule has 10 heteroatoms. The summed E-state index contributed by atoms with van der Waals surface area (Å²) in [4.78, 5) is 6.88. The number of nitrogens with one attached hydrogen (secondary N) is 2. The van der Waals surface area contributed by atoms with Crippen molar-refractivity contribution < 1.29 is 13.2 Å². The second-order valence-electron chi connectivity index (χ2n) is 5.79. The summed E-state index contributed by atoms with van der Waals surface area (Å²) in [5.74, 6) is 0.397. The van der Waals surface area contributed by atoms with Crippen LogP contribution in [0.1, 0.15) is 12.0 Å². The van der Waals surface area contributed by atoms with Gasteiger partial charge in [0.25, 0.3) is 0 Å². The number of rotatable bonds is 8. The molecule has 148 valence electrons. The molecule has 26 heavy (non-hydrogen) atoms. The summed E-state index contributed by atoms with van der Waals surface area (Å²) >= 11 is 0. The molecule has 0 spiro atoms. The van der Waals surface area contributed by atoms with Gasteiger partial charge >= 0.3 is 0 Å². The molecule has 2 rings (SSSR count). The zero-order valence-corrected chi connectivity index (χ0v) is 18.1. The van der Waals surface area contributed by atoms with Crippen LogP contribution in [0, 0.1) is 0 Å². The number of hydrogen-bond acceptors (Lipinski definition) is 5. The molecule has 8 nitrogen and oxygen atoms in total. The Morgan fingerprint density at radius 3 is 2.54 bits per heavy atom. The maximum atomic E-state index is 11.7. The number of sulfonamides is 1. The number of halogens is 1. The van der Waals surface area contributed by atoms with E-state index in [9.17, 15) is 8.42 Å². The summed E-state index contributed by atoms with van der Waals surface area (Å²) in [7, 11) is -2.02. The summed E-state index contributed by atoms with van der Waals surface area (Å²) < 4.78 is 30.9. The van der Waals surface area contributed by atoms with E-state index in [1.165, 1.54) is 7.05 Å². The average Bonchev–Trinajstić information content (AvgIpc) is 2.65. The zero-order valence-electron chi connectivity index (χ0n) is 15.0. The van der Waals surface area contributed by atoms with Crippen LogP contribution in [0.4, 0.5) is 0 Å². The Bertz CT molecular complexity index is 661. The lowest BCUT2D eigenvalue weighted by Gasteiger charge is -2.26. The van der Waals surface area contributed by atoms with Gasteiger partial charge in [0.15, 0.2) is 5.96 Å². The van der Waals surface area contributed by atoms with Crippen LogP contribution in [0.2, 0.25) is 0 Å². The van der Waals surface area contributed by atoms with Crippen LogP contribution in [-0.2, 0) is 21.3 Å². The number of guanidine groups is 1. The molecule has 0 unspecified atom stereocenters. The van der Waals surface area contributed by atoms with Gasteiger partial charge in [-0.1, -0.05) is 12.1 Å².